The van der Waals surface area contributed by atoms with Crippen LogP contribution in [0, 0.1) is 0 Å². The van der Waals surface area contributed by atoms with Gasteiger partial charge in [0.15, 0.2) is 6.10 Å². The number of hydrogen-bond donors (Lipinski definition) is 0. The number of carbonyl (C=O) groups is 1. The molecule has 1 aromatic heterocycles. The number of carbonyl (C=O) groups excluding carboxylic acids is 1. The number of nitrogens with zero attached hydrogens (tertiary/aromatic N) is 5. The number of amides is 1. The SMILES string of the molecule is COc1ccc(OC)c([C@H]2CCCN2C(=O)[C@@H](C)Oc2ccc(-n3cnnn3)cc2)c1. The van der Waals surface area contributed by atoms with Gasteiger partial charge in [0.25, 0.3) is 5.91 Å². The van der Waals surface area contributed by atoms with Crippen LogP contribution in [-0.4, -0.2) is 57.9 Å². The van der Waals surface area contributed by atoms with E-state index in [4.69, 9.17) is 14.2 Å². The Labute approximate surface area is 180 Å². The van der Waals surface area contributed by atoms with Crippen LogP contribution in [0.5, 0.6) is 17.2 Å². The molecule has 0 unspecified atom stereocenters. The summed E-state index contributed by atoms with van der Waals surface area (Å²) in [6.45, 7) is 2.45. The van der Waals surface area contributed by atoms with Crippen LogP contribution in [0.2, 0.25) is 0 Å². The number of rotatable bonds is 7. The van der Waals surface area contributed by atoms with Crippen LogP contribution in [0.25, 0.3) is 5.69 Å². The Bertz CT molecular complexity index is 1020. The molecular weight excluding hydrogens is 398 g/mol. The zero-order chi connectivity index (χ0) is 21.8. The summed E-state index contributed by atoms with van der Waals surface area (Å²) in [4.78, 5) is 15.1. The molecule has 0 N–H and O–H groups in total. The molecule has 2 atom stereocenters. The van der Waals surface area contributed by atoms with Gasteiger partial charge in [-0.25, -0.2) is 4.68 Å². The van der Waals surface area contributed by atoms with Crippen molar-refractivity contribution < 1.29 is 19.0 Å². The zero-order valence-electron chi connectivity index (χ0n) is 17.8. The monoisotopic (exact) mass is 423 g/mol. The number of aromatic nitrogens is 4. The van der Waals surface area contributed by atoms with Gasteiger partial charge in [-0.1, -0.05) is 0 Å². The molecule has 162 valence electrons. The minimum atomic E-state index is -0.629. The van der Waals surface area contributed by atoms with E-state index in [-0.39, 0.29) is 11.9 Å². The minimum Gasteiger partial charge on any atom is -0.497 e. The second-order valence-electron chi connectivity index (χ2n) is 7.31. The summed E-state index contributed by atoms with van der Waals surface area (Å²) in [6, 6.07) is 12.9. The lowest BCUT2D eigenvalue weighted by Crippen LogP contribution is -2.40. The predicted octanol–water partition coefficient (Wildman–Crippen LogP) is 2.81. The number of ether oxygens (including phenoxy) is 3. The average molecular weight is 423 g/mol. The van der Waals surface area contributed by atoms with Gasteiger partial charge in [0, 0.05) is 12.1 Å². The van der Waals surface area contributed by atoms with Gasteiger partial charge < -0.3 is 19.1 Å². The van der Waals surface area contributed by atoms with Crippen molar-refractivity contribution in [1.82, 2.24) is 25.1 Å². The summed E-state index contributed by atoms with van der Waals surface area (Å²) in [5.41, 5.74) is 1.76. The largest absolute Gasteiger partial charge is 0.497 e. The fourth-order valence-corrected chi connectivity index (χ4v) is 3.90. The first-order valence-electron chi connectivity index (χ1n) is 10.1. The van der Waals surface area contributed by atoms with Crippen LogP contribution in [0.1, 0.15) is 31.4 Å². The molecule has 0 bridgehead atoms. The van der Waals surface area contributed by atoms with Gasteiger partial charge in [-0.3, -0.25) is 4.79 Å². The van der Waals surface area contributed by atoms with Gasteiger partial charge >= 0.3 is 0 Å². The van der Waals surface area contributed by atoms with Gasteiger partial charge in [-0.15, -0.1) is 5.10 Å². The molecule has 3 aromatic rings. The highest BCUT2D eigenvalue weighted by atomic mass is 16.5. The summed E-state index contributed by atoms with van der Waals surface area (Å²) in [5.74, 6) is 2.03. The average Bonchev–Trinajstić information content (AvgIpc) is 3.51. The maximum absolute atomic E-state index is 13.2. The molecule has 0 radical (unpaired) electrons. The van der Waals surface area contributed by atoms with Crippen molar-refractivity contribution in [3.63, 3.8) is 0 Å². The predicted molar refractivity (Wildman–Crippen MR) is 112 cm³/mol. The quantitative estimate of drug-likeness (QED) is 0.577. The Hall–Kier alpha value is -3.62. The van der Waals surface area contributed by atoms with Crippen LogP contribution in [0.4, 0.5) is 0 Å². The maximum atomic E-state index is 13.2. The normalized spacial score (nSPS) is 16.7. The molecule has 2 heterocycles. The van der Waals surface area contributed by atoms with Crippen molar-refractivity contribution in [3.8, 4) is 22.9 Å². The molecule has 0 saturated carbocycles. The first-order chi connectivity index (χ1) is 15.1. The number of benzene rings is 2. The van der Waals surface area contributed by atoms with Crippen LogP contribution in [0.3, 0.4) is 0 Å². The van der Waals surface area contributed by atoms with Gasteiger partial charge in [0.05, 0.1) is 25.9 Å². The van der Waals surface area contributed by atoms with E-state index in [2.05, 4.69) is 15.5 Å². The molecule has 1 saturated heterocycles. The molecule has 1 aliphatic heterocycles. The lowest BCUT2D eigenvalue weighted by Gasteiger charge is -2.29. The van der Waals surface area contributed by atoms with Gasteiger partial charge in [0.1, 0.15) is 23.6 Å². The first kappa shape index (κ1) is 20.6. The van der Waals surface area contributed by atoms with E-state index in [0.29, 0.717) is 12.3 Å². The summed E-state index contributed by atoms with van der Waals surface area (Å²) >= 11 is 0. The Balaban J connectivity index is 1.48. The van der Waals surface area contributed by atoms with E-state index in [0.717, 1.165) is 35.6 Å². The van der Waals surface area contributed by atoms with Crippen molar-refractivity contribution in [2.45, 2.75) is 31.9 Å². The highest BCUT2D eigenvalue weighted by Gasteiger charge is 2.35. The van der Waals surface area contributed by atoms with Crippen LogP contribution in [0.15, 0.2) is 48.8 Å². The second kappa shape index (κ2) is 9.03. The third-order valence-corrected chi connectivity index (χ3v) is 5.44. The molecular formula is C22H25N5O4. The fraction of sp³-hybridized carbons (Fsp3) is 0.364. The zero-order valence-corrected chi connectivity index (χ0v) is 17.8. The van der Waals surface area contributed by atoms with E-state index in [9.17, 15) is 4.79 Å². The summed E-state index contributed by atoms with van der Waals surface area (Å²) in [6.07, 6.45) is 2.67. The summed E-state index contributed by atoms with van der Waals surface area (Å²) in [5, 5.41) is 11.1. The molecule has 0 spiro atoms. The second-order valence-corrected chi connectivity index (χ2v) is 7.31. The van der Waals surface area contributed by atoms with E-state index in [1.54, 1.807) is 38.0 Å². The fourth-order valence-electron chi connectivity index (χ4n) is 3.90. The van der Waals surface area contributed by atoms with E-state index in [1.807, 2.05) is 35.2 Å². The Morgan fingerprint density at radius 2 is 1.87 bits per heavy atom. The number of methoxy groups -OCH3 is 2. The van der Waals surface area contributed by atoms with Gasteiger partial charge in [-0.05, 0) is 72.7 Å². The van der Waals surface area contributed by atoms with Crippen molar-refractivity contribution in [2.24, 2.45) is 0 Å². The smallest absolute Gasteiger partial charge is 0.263 e. The van der Waals surface area contributed by atoms with Crippen molar-refractivity contribution >= 4 is 5.91 Å². The number of tetrazole rings is 1. The van der Waals surface area contributed by atoms with Crippen molar-refractivity contribution in [1.29, 1.82) is 0 Å². The molecule has 31 heavy (non-hydrogen) atoms. The first-order valence-corrected chi connectivity index (χ1v) is 10.1. The van der Waals surface area contributed by atoms with E-state index < -0.39 is 6.10 Å². The summed E-state index contributed by atoms with van der Waals surface area (Å²) in [7, 11) is 3.26. The van der Waals surface area contributed by atoms with Gasteiger partial charge in [-0.2, -0.15) is 0 Å². The molecule has 9 heteroatoms. The Morgan fingerprint density at radius 3 is 2.55 bits per heavy atom. The maximum Gasteiger partial charge on any atom is 0.263 e. The topological polar surface area (TPSA) is 91.6 Å². The van der Waals surface area contributed by atoms with Crippen LogP contribution >= 0.6 is 0 Å². The third kappa shape index (κ3) is 4.30. The van der Waals surface area contributed by atoms with E-state index >= 15 is 0 Å². The number of likely N-dealkylation sites (tertiary alicyclic amines) is 1. The van der Waals surface area contributed by atoms with Crippen molar-refractivity contribution in [3.05, 3.63) is 54.4 Å². The van der Waals surface area contributed by atoms with Gasteiger partial charge in [0.2, 0.25) is 0 Å². The summed E-state index contributed by atoms with van der Waals surface area (Å²) < 4.78 is 18.4. The molecule has 2 aromatic carbocycles. The molecule has 1 fully saturated rings. The van der Waals surface area contributed by atoms with Crippen LogP contribution < -0.4 is 14.2 Å². The Morgan fingerprint density at radius 1 is 1.10 bits per heavy atom. The molecule has 9 nitrogen and oxygen atoms in total. The highest BCUT2D eigenvalue weighted by Crippen LogP contribution is 2.39. The molecule has 4 rings (SSSR count). The highest BCUT2D eigenvalue weighted by molar-refractivity contribution is 5.81. The minimum absolute atomic E-state index is 0.0584. The molecule has 0 aliphatic carbocycles. The Kier molecular flexibility index (Phi) is 6.01. The lowest BCUT2D eigenvalue weighted by atomic mass is 10.0. The number of hydrogen-bond acceptors (Lipinski definition) is 7. The lowest BCUT2D eigenvalue weighted by molar-refractivity contribution is -0.138. The molecule has 1 aliphatic rings. The standard InChI is InChI=1S/C22H25N5O4/c1-15(31-17-8-6-16(7-9-17)27-14-23-24-25-27)22(28)26-12-4-5-20(26)19-13-18(29-2)10-11-21(19)30-3/h6-11,13-15,20H,4-5,12H2,1-3H3/t15-,20-/m1/s1. The molecule has 1 amide bonds. The third-order valence-electron chi connectivity index (χ3n) is 5.44. The van der Waals surface area contributed by atoms with Crippen LogP contribution in [-0.2, 0) is 4.79 Å². The van der Waals surface area contributed by atoms with E-state index in [1.165, 1.54) is 6.33 Å². The van der Waals surface area contributed by atoms with Crippen molar-refractivity contribution in [2.75, 3.05) is 20.8 Å².